The number of nitrogens with zero attached hydrogens (tertiary/aromatic N) is 1. The van der Waals surface area contributed by atoms with Crippen LogP contribution >= 0.6 is 11.3 Å². The standard InChI is InChI=1S/C13H21N3O3S/c1-8(2)6-9(3)15-13(19)14-5-4-11-16-10(7-20-11)12(17)18/h7-9H,4-6H2,1-3H3,(H,17,18)(H2,14,15,19). The van der Waals surface area contributed by atoms with Gasteiger partial charge in [0.2, 0.25) is 0 Å². The van der Waals surface area contributed by atoms with Gasteiger partial charge in [0.05, 0.1) is 5.01 Å². The molecule has 0 aliphatic heterocycles. The second-order valence-corrected chi connectivity index (χ2v) is 6.06. The molecule has 0 aliphatic rings. The third-order valence-corrected chi connectivity index (χ3v) is 3.51. The molecule has 1 rings (SSSR count). The van der Waals surface area contributed by atoms with Gasteiger partial charge in [0.1, 0.15) is 0 Å². The molecule has 0 bridgehead atoms. The highest BCUT2D eigenvalue weighted by molar-refractivity contribution is 7.09. The molecule has 0 saturated heterocycles. The van der Waals surface area contributed by atoms with Crippen LogP contribution in [-0.2, 0) is 6.42 Å². The van der Waals surface area contributed by atoms with E-state index in [1.54, 1.807) is 0 Å². The number of aromatic carboxylic acids is 1. The first-order valence-electron chi connectivity index (χ1n) is 6.60. The van der Waals surface area contributed by atoms with E-state index < -0.39 is 5.97 Å². The number of hydrogen-bond donors (Lipinski definition) is 3. The maximum atomic E-state index is 11.6. The molecular formula is C13H21N3O3S. The van der Waals surface area contributed by atoms with Crippen LogP contribution in [0.25, 0.3) is 0 Å². The van der Waals surface area contributed by atoms with Gasteiger partial charge >= 0.3 is 12.0 Å². The van der Waals surface area contributed by atoms with Crippen molar-refractivity contribution >= 4 is 23.3 Å². The molecule has 2 amide bonds. The lowest BCUT2D eigenvalue weighted by Crippen LogP contribution is -2.41. The number of urea groups is 1. The number of carboxylic acid groups (broad SMARTS) is 1. The smallest absolute Gasteiger partial charge is 0.355 e. The molecule has 1 atom stereocenters. The Kier molecular flexibility index (Phi) is 6.44. The topological polar surface area (TPSA) is 91.3 Å². The zero-order chi connectivity index (χ0) is 15.1. The number of carboxylic acids is 1. The van der Waals surface area contributed by atoms with Crippen LogP contribution in [0.5, 0.6) is 0 Å². The van der Waals surface area contributed by atoms with Crippen molar-refractivity contribution in [2.45, 2.75) is 39.7 Å². The van der Waals surface area contributed by atoms with Crippen molar-refractivity contribution in [2.24, 2.45) is 5.92 Å². The zero-order valence-electron chi connectivity index (χ0n) is 12.0. The molecule has 3 N–H and O–H groups in total. The maximum Gasteiger partial charge on any atom is 0.355 e. The van der Waals surface area contributed by atoms with Crippen LogP contribution in [0.2, 0.25) is 0 Å². The Hall–Kier alpha value is -1.63. The summed E-state index contributed by atoms with van der Waals surface area (Å²) < 4.78 is 0. The fourth-order valence-corrected chi connectivity index (χ4v) is 2.62. The minimum Gasteiger partial charge on any atom is -0.476 e. The molecular weight excluding hydrogens is 278 g/mol. The molecule has 1 aromatic rings. The van der Waals surface area contributed by atoms with E-state index in [4.69, 9.17) is 5.11 Å². The van der Waals surface area contributed by atoms with Gasteiger partial charge in [0.15, 0.2) is 5.69 Å². The summed E-state index contributed by atoms with van der Waals surface area (Å²) in [5, 5.41) is 16.6. The number of amides is 2. The summed E-state index contributed by atoms with van der Waals surface area (Å²) in [5.41, 5.74) is 0.0556. The maximum absolute atomic E-state index is 11.6. The first kappa shape index (κ1) is 16.4. The first-order chi connectivity index (χ1) is 9.38. The number of hydrogen-bond acceptors (Lipinski definition) is 4. The second kappa shape index (κ2) is 7.84. The summed E-state index contributed by atoms with van der Waals surface area (Å²) in [4.78, 5) is 26.2. The van der Waals surface area contributed by atoms with E-state index in [2.05, 4.69) is 29.5 Å². The van der Waals surface area contributed by atoms with Gasteiger partial charge in [0, 0.05) is 24.4 Å². The predicted octanol–water partition coefficient (Wildman–Crippen LogP) is 2.12. The number of carbonyl (C=O) groups excluding carboxylic acids is 1. The Morgan fingerprint density at radius 2 is 2.10 bits per heavy atom. The van der Waals surface area contributed by atoms with Crippen LogP contribution in [0, 0.1) is 5.92 Å². The van der Waals surface area contributed by atoms with Crippen molar-refractivity contribution in [1.29, 1.82) is 0 Å². The van der Waals surface area contributed by atoms with Gasteiger partial charge in [-0.15, -0.1) is 11.3 Å². The fraction of sp³-hybridized carbons (Fsp3) is 0.615. The molecule has 0 aromatic carbocycles. The van der Waals surface area contributed by atoms with Crippen molar-refractivity contribution in [2.75, 3.05) is 6.54 Å². The Morgan fingerprint density at radius 1 is 1.40 bits per heavy atom. The SMILES string of the molecule is CC(C)CC(C)NC(=O)NCCc1nc(C(=O)O)cs1. The van der Waals surface area contributed by atoms with E-state index in [-0.39, 0.29) is 17.8 Å². The lowest BCUT2D eigenvalue weighted by Gasteiger charge is -2.16. The Bertz CT molecular complexity index is 459. The van der Waals surface area contributed by atoms with Crippen LogP contribution in [0.15, 0.2) is 5.38 Å². The van der Waals surface area contributed by atoms with Crippen molar-refractivity contribution in [3.63, 3.8) is 0 Å². The Labute approximate surface area is 122 Å². The summed E-state index contributed by atoms with van der Waals surface area (Å²) in [7, 11) is 0. The monoisotopic (exact) mass is 299 g/mol. The molecule has 1 unspecified atom stereocenters. The van der Waals surface area contributed by atoms with Gasteiger partial charge in [-0.2, -0.15) is 0 Å². The van der Waals surface area contributed by atoms with Gasteiger partial charge in [-0.1, -0.05) is 13.8 Å². The molecule has 0 fully saturated rings. The predicted molar refractivity (Wildman–Crippen MR) is 78.2 cm³/mol. The summed E-state index contributed by atoms with van der Waals surface area (Å²) in [6.07, 6.45) is 1.46. The highest BCUT2D eigenvalue weighted by Gasteiger charge is 2.10. The molecule has 0 saturated carbocycles. The highest BCUT2D eigenvalue weighted by Crippen LogP contribution is 2.09. The normalized spacial score (nSPS) is 12.2. The molecule has 0 radical (unpaired) electrons. The quantitative estimate of drug-likeness (QED) is 0.719. The van der Waals surface area contributed by atoms with E-state index >= 15 is 0 Å². The lowest BCUT2D eigenvalue weighted by atomic mass is 10.1. The van der Waals surface area contributed by atoms with E-state index in [0.717, 1.165) is 6.42 Å². The van der Waals surface area contributed by atoms with Crippen molar-refractivity contribution in [3.8, 4) is 0 Å². The number of carbonyl (C=O) groups is 2. The van der Waals surface area contributed by atoms with Crippen molar-refractivity contribution in [1.82, 2.24) is 15.6 Å². The lowest BCUT2D eigenvalue weighted by molar-refractivity contribution is 0.0691. The summed E-state index contributed by atoms with van der Waals surface area (Å²) in [5.74, 6) is -0.490. The third kappa shape index (κ3) is 6.01. The number of aromatic nitrogens is 1. The van der Waals surface area contributed by atoms with Gasteiger partial charge < -0.3 is 15.7 Å². The van der Waals surface area contributed by atoms with Gasteiger partial charge in [-0.3, -0.25) is 0 Å². The Balaban J connectivity index is 2.26. The summed E-state index contributed by atoms with van der Waals surface area (Å²) >= 11 is 1.29. The van der Waals surface area contributed by atoms with E-state index in [9.17, 15) is 9.59 Å². The van der Waals surface area contributed by atoms with Gasteiger partial charge in [-0.25, -0.2) is 14.6 Å². The number of nitrogens with one attached hydrogen (secondary N) is 2. The van der Waals surface area contributed by atoms with E-state index in [1.807, 2.05) is 6.92 Å². The Morgan fingerprint density at radius 3 is 2.65 bits per heavy atom. The summed E-state index contributed by atoms with van der Waals surface area (Å²) in [6.45, 7) is 6.63. The molecule has 112 valence electrons. The number of rotatable bonds is 7. The average molecular weight is 299 g/mol. The number of thiazole rings is 1. The molecule has 0 spiro atoms. The van der Waals surface area contributed by atoms with Gasteiger partial charge in [-0.05, 0) is 19.3 Å². The van der Waals surface area contributed by atoms with E-state index in [1.165, 1.54) is 16.7 Å². The summed E-state index contributed by atoms with van der Waals surface area (Å²) in [6, 6.07) is -0.0679. The van der Waals surface area contributed by atoms with Crippen LogP contribution in [-0.4, -0.2) is 34.7 Å². The molecule has 1 heterocycles. The van der Waals surface area contributed by atoms with Crippen molar-refractivity contribution < 1.29 is 14.7 Å². The average Bonchev–Trinajstić information content (AvgIpc) is 2.76. The van der Waals surface area contributed by atoms with Crippen molar-refractivity contribution in [3.05, 3.63) is 16.1 Å². The highest BCUT2D eigenvalue weighted by atomic mass is 32.1. The largest absolute Gasteiger partial charge is 0.476 e. The minimum absolute atomic E-state index is 0.0556. The zero-order valence-corrected chi connectivity index (χ0v) is 12.8. The van der Waals surface area contributed by atoms with Crippen LogP contribution in [0.1, 0.15) is 42.7 Å². The second-order valence-electron chi connectivity index (χ2n) is 5.11. The third-order valence-electron chi connectivity index (χ3n) is 2.60. The fourth-order valence-electron chi connectivity index (χ4n) is 1.85. The molecule has 0 aliphatic carbocycles. The molecule has 1 aromatic heterocycles. The van der Waals surface area contributed by atoms with Crippen LogP contribution in [0.3, 0.4) is 0 Å². The van der Waals surface area contributed by atoms with Crippen LogP contribution in [0.4, 0.5) is 4.79 Å². The van der Waals surface area contributed by atoms with Crippen LogP contribution < -0.4 is 10.6 Å². The first-order valence-corrected chi connectivity index (χ1v) is 7.48. The van der Waals surface area contributed by atoms with Gasteiger partial charge in [0.25, 0.3) is 0 Å². The molecule has 20 heavy (non-hydrogen) atoms. The minimum atomic E-state index is -1.03. The molecule has 6 nitrogen and oxygen atoms in total. The van der Waals surface area contributed by atoms with E-state index in [0.29, 0.717) is 23.9 Å². The molecule has 7 heteroatoms.